The fraction of sp³-hybridized carbons (Fsp3) is 0.385. The van der Waals surface area contributed by atoms with Gasteiger partial charge in [0.1, 0.15) is 4.87 Å². The lowest BCUT2D eigenvalue weighted by atomic mass is 10.1. The molecule has 8 heteroatoms. The molecule has 1 atom stereocenters. The van der Waals surface area contributed by atoms with E-state index >= 15 is 0 Å². The van der Waals surface area contributed by atoms with E-state index in [1.807, 2.05) is 13.0 Å². The summed E-state index contributed by atoms with van der Waals surface area (Å²) in [7, 11) is 1.80. The van der Waals surface area contributed by atoms with E-state index in [9.17, 15) is 13.7 Å². The SMILES string of the molecule is Cc1cnc(N[N+](=O)[C@@H]2CC2(F)F)cc1-c1ccn(C)n1. The van der Waals surface area contributed by atoms with E-state index in [4.69, 9.17) is 0 Å². The first-order valence-corrected chi connectivity index (χ1v) is 6.44. The number of pyridine rings is 1. The van der Waals surface area contributed by atoms with Crippen LogP contribution in [0.3, 0.4) is 0 Å². The van der Waals surface area contributed by atoms with E-state index in [1.54, 1.807) is 30.2 Å². The fourth-order valence-corrected chi connectivity index (χ4v) is 2.06. The molecule has 2 aromatic rings. The van der Waals surface area contributed by atoms with Gasteiger partial charge < -0.3 is 0 Å². The fourth-order valence-electron chi connectivity index (χ4n) is 2.06. The highest BCUT2D eigenvalue weighted by Gasteiger charge is 2.69. The lowest BCUT2D eigenvalue weighted by Crippen LogP contribution is -2.23. The van der Waals surface area contributed by atoms with Crippen molar-refractivity contribution in [3.8, 4) is 11.3 Å². The van der Waals surface area contributed by atoms with E-state index in [-0.39, 0.29) is 10.7 Å². The number of aryl methyl sites for hydroxylation is 2. The van der Waals surface area contributed by atoms with Crippen molar-refractivity contribution in [1.29, 1.82) is 0 Å². The number of hydrogen-bond acceptors (Lipinski definition) is 3. The standard InChI is InChI=1S/C13H14F2N5O/c1-8-7-16-12(18-20(21)11-6-13(11,14)15)5-9(8)10-3-4-19(2)17-10/h3-5,7,11H,6H2,1-2H3,(H,16,18,21)/q+1/t11-/m1/s1. The van der Waals surface area contributed by atoms with Gasteiger partial charge in [0.15, 0.2) is 5.82 Å². The van der Waals surface area contributed by atoms with Crippen molar-refractivity contribution in [2.24, 2.45) is 7.05 Å². The van der Waals surface area contributed by atoms with Gasteiger partial charge in [0, 0.05) is 25.0 Å². The van der Waals surface area contributed by atoms with Gasteiger partial charge in [-0.05, 0) is 24.6 Å². The number of rotatable bonds is 4. The van der Waals surface area contributed by atoms with Gasteiger partial charge in [0.05, 0.1) is 17.0 Å². The van der Waals surface area contributed by atoms with Crippen molar-refractivity contribution in [2.45, 2.75) is 25.3 Å². The minimum atomic E-state index is -2.91. The highest BCUT2D eigenvalue weighted by Crippen LogP contribution is 2.43. The summed E-state index contributed by atoms with van der Waals surface area (Å²) in [4.78, 5) is 15.8. The number of nitrogens with zero attached hydrogens (tertiary/aromatic N) is 4. The maximum absolute atomic E-state index is 12.8. The Morgan fingerprint density at radius 1 is 1.52 bits per heavy atom. The molecule has 1 aliphatic rings. The van der Waals surface area contributed by atoms with Crippen molar-refractivity contribution in [1.82, 2.24) is 14.8 Å². The van der Waals surface area contributed by atoms with Crippen LogP contribution in [-0.4, -0.2) is 31.6 Å². The zero-order chi connectivity index (χ0) is 15.2. The topological polar surface area (TPSA) is 62.8 Å². The molecule has 110 valence electrons. The Kier molecular flexibility index (Phi) is 2.96. The Labute approximate surface area is 119 Å². The number of nitroso groups, excluding NO2 is 1. The summed E-state index contributed by atoms with van der Waals surface area (Å²) in [5.74, 6) is -2.69. The summed E-state index contributed by atoms with van der Waals surface area (Å²) in [6, 6.07) is 2.14. The number of hydrogen-bond donors (Lipinski definition) is 1. The number of aromatic nitrogens is 3. The Hall–Kier alpha value is -2.38. The summed E-state index contributed by atoms with van der Waals surface area (Å²) in [5.41, 5.74) is 4.77. The minimum Gasteiger partial charge on any atom is -0.275 e. The van der Waals surface area contributed by atoms with Crippen LogP contribution in [0, 0.1) is 11.8 Å². The lowest BCUT2D eigenvalue weighted by Gasteiger charge is -2.04. The lowest BCUT2D eigenvalue weighted by molar-refractivity contribution is -0.542. The molecule has 21 heavy (non-hydrogen) atoms. The molecule has 0 radical (unpaired) electrons. The first-order valence-electron chi connectivity index (χ1n) is 6.44. The number of alkyl halides is 2. The van der Waals surface area contributed by atoms with Crippen molar-refractivity contribution in [3.63, 3.8) is 0 Å². The third-order valence-electron chi connectivity index (χ3n) is 3.39. The average Bonchev–Trinajstić information content (AvgIpc) is 2.85. The van der Waals surface area contributed by atoms with Crippen LogP contribution in [-0.2, 0) is 7.05 Å². The van der Waals surface area contributed by atoms with E-state index in [1.165, 1.54) is 0 Å². The van der Waals surface area contributed by atoms with Gasteiger partial charge in [-0.2, -0.15) is 13.9 Å². The highest BCUT2D eigenvalue weighted by atomic mass is 19.3. The number of hydrazine groups is 1. The largest absolute Gasteiger partial charge is 0.322 e. The second kappa shape index (κ2) is 4.57. The smallest absolute Gasteiger partial charge is 0.275 e. The summed E-state index contributed by atoms with van der Waals surface area (Å²) in [6.07, 6.45) is 2.95. The molecule has 1 fully saturated rings. The van der Waals surface area contributed by atoms with Crippen molar-refractivity contribution in [3.05, 3.63) is 35.0 Å². The Morgan fingerprint density at radius 2 is 2.24 bits per heavy atom. The molecule has 1 N–H and O–H groups in total. The summed E-state index contributed by atoms with van der Waals surface area (Å²) in [6.45, 7) is 1.87. The monoisotopic (exact) mass is 294 g/mol. The predicted molar refractivity (Wildman–Crippen MR) is 71.8 cm³/mol. The first kappa shape index (κ1) is 13.6. The number of halogens is 2. The molecule has 2 heterocycles. The van der Waals surface area contributed by atoms with Gasteiger partial charge in [-0.25, -0.2) is 4.98 Å². The highest BCUT2D eigenvalue weighted by molar-refractivity contribution is 5.65. The average molecular weight is 294 g/mol. The molecular formula is C13H14F2N5O+. The molecule has 1 saturated carbocycles. The molecule has 0 aromatic carbocycles. The van der Waals surface area contributed by atoms with E-state index in [0.717, 1.165) is 16.8 Å². The van der Waals surface area contributed by atoms with Crippen LogP contribution in [0.1, 0.15) is 12.0 Å². The second-order valence-electron chi connectivity index (χ2n) is 5.18. The van der Waals surface area contributed by atoms with Gasteiger partial charge in [-0.3, -0.25) is 4.68 Å². The van der Waals surface area contributed by atoms with Crippen LogP contribution in [0.25, 0.3) is 11.3 Å². The predicted octanol–water partition coefficient (Wildman–Crippen LogP) is 2.30. The summed E-state index contributed by atoms with van der Waals surface area (Å²) < 4.78 is 27.4. The molecule has 3 rings (SSSR count). The molecule has 0 saturated heterocycles. The zero-order valence-electron chi connectivity index (χ0n) is 11.5. The maximum atomic E-state index is 12.8. The summed E-state index contributed by atoms with van der Waals surface area (Å²) in [5, 5.41) is 4.28. The van der Waals surface area contributed by atoms with E-state index in [2.05, 4.69) is 15.5 Å². The van der Waals surface area contributed by atoms with Gasteiger partial charge in [0.2, 0.25) is 0 Å². The van der Waals surface area contributed by atoms with Crippen molar-refractivity contribution >= 4 is 5.82 Å². The quantitative estimate of drug-likeness (QED) is 0.694. The van der Waals surface area contributed by atoms with Crippen LogP contribution < -0.4 is 5.43 Å². The second-order valence-corrected chi connectivity index (χ2v) is 5.18. The Balaban J connectivity index is 1.83. The first-order chi connectivity index (χ1) is 9.87. The van der Waals surface area contributed by atoms with Crippen molar-refractivity contribution < 1.29 is 13.6 Å². The van der Waals surface area contributed by atoms with E-state index in [0.29, 0.717) is 0 Å². The van der Waals surface area contributed by atoms with Gasteiger partial charge in [0.25, 0.3) is 0 Å². The minimum absolute atomic E-state index is 0.167. The van der Waals surface area contributed by atoms with E-state index < -0.39 is 18.4 Å². The third kappa shape index (κ3) is 2.61. The molecular weight excluding hydrogens is 280 g/mol. The van der Waals surface area contributed by atoms with Crippen LogP contribution in [0.5, 0.6) is 0 Å². The Morgan fingerprint density at radius 3 is 2.81 bits per heavy atom. The summed E-state index contributed by atoms with van der Waals surface area (Å²) >= 11 is 0. The van der Waals surface area contributed by atoms with Crippen LogP contribution in [0.15, 0.2) is 24.5 Å². The molecule has 0 spiro atoms. The van der Waals surface area contributed by atoms with Gasteiger partial charge in [-0.15, -0.1) is 5.43 Å². The van der Waals surface area contributed by atoms with Crippen LogP contribution >= 0.6 is 0 Å². The zero-order valence-corrected chi connectivity index (χ0v) is 11.5. The number of nitrogens with one attached hydrogen (secondary N) is 1. The molecule has 0 bridgehead atoms. The third-order valence-corrected chi connectivity index (χ3v) is 3.39. The maximum Gasteiger partial charge on any atom is 0.322 e. The van der Waals surface area contributed by atoms with Crippen LogP contribution in [0.4, 0.5) is 14.6 Å². The van der Waals surface area contributed by atoms with Gasteiger partial charge >= 0.3 is 12.0 Å². The number of anilines is 1. The molecule has 0 unspecified atom stereocenters. The van der Waals surface area contributed by atoms with Crippen molar-refractivity contribution in [2.75, 3.05) is 5.43 Å². The molecule has 2 aromatic heterocycles. The molecule has 1 aliphatic carbocycles. The molecule has 0 aliphatic heterocycles. The Bertz CT molecular complexity index is 712. The van der Waals surface area contributed by atoms with Crippen LogP contribution in [0.2, 0.25) is 0 Å². The molecule has 6 nitrogen and oxygen atoms in total. The normalized spacial score (nSPS) is 19.3. The van der Waals surface area contributed by atoms with Gasteiger partial charge in [-0.1, -0.05) is 0 Å². The molecule has 0 amide bonds.